The lowest BCUT2D eigenvalue weighted by molar-refractivity contribution is 0.972. The molecule has 2 heterocycles. The predicted octanol–water partition coefficient (Wildman–Crippen LogP) is 2.16. The van der Waals surface area contributed by atoms with Crippen molar-refractivity contribution in [1.82, 2.24) is 10.2 Å². The number of H-pyrrole nitrogens is 1. The first-order valence-electron chi connectivity index (χ1n) is 4.48. The molecule has 0 spiro atoms. The van der Waals surface area contributed by atoms with Crippen molar-refractivity contribution < 1.29 is 0 Å². The molecule has 0 aliphatic heterocycles. The normalized spacial score (nSPS) is 14.8. The molecular formula is C10H10N2S. The molecule has 1 aliphatic carbocycles. The zero-order valence-electron chi connectivity index (χ0n) is 7.21. The van der Waals surface area contributed by atoms with Crippen molar-refractivity contribution in [3.05, 3.63) is 39.3 Å². The minimum absolute atomic E-state index is 1.04. The van der Waals surface area contributed by atoms with Gasteiger partial charge in [-0.2, -0.15) is 16.4 Å². The van der Waals surface area contributed by atoms with Crippen molar-refractivity contribution in [3.63, 3.8) is 0 Å². The summed E-state index contributed by atoms with van der Waals surface area (Å²) < 4.78 is 0. The molecule has 2 nitrogen and oxygen atoms in total. The van der Waals surface area contributed by atoms with Gasteiger partial charge >= 0.3 is 0 Å². The summed E-state index contributed by atoms with van der Waals surface area (Å²) in [5.41, 5.74) is 5.70. The van der Waals surface area contributed by atoms with Gasteiger partial charge in [0.05, 0.1) is 6.20 Å². The van der Waals surface area contributed by atoms with E-state index in [2.05, 4.69) is 21.0 Å². The van der Waals surface area contributed by atoms with Crippen molar-refractivity contribution in [1.29, 1.82) is 0 Å². The molecule has 0 saturated carbocycles. The van der Waals surface area contributed by atoms with Crippen molar-refractivity contribution in [2.75, 3.05) is 0 Å². The van der Waals surface area contributed by atoms with Gasteiger partial charge in [-0.25, -0.2) is 0 Å². The molecule has 2 aromatic rings. The van der Waals surface area contributed by atoms with E-state index in [1.165, 1.54) is 28.8 Å². The summed E-state index contributed by atoms with van der Waals surface area (Å²) in [6, 6.07) is 0. The Labute approximate surface area is 80.6 Å². The van der Waals surface area contributed by atoms with Crippen molar-refractivity contribution in [2.24, 2.45) is 0 Å². The second-order valence-corrected chi connectivity index (χ2v) is 4.22. The molecule has 1 N–H and O–H groups in total. The van der Waals surface area contributed by atoms with Crippen LogP contribution < -0.4 is 0 Å². The number of thiophene rings is 1. The monoisotopic (exact) mass is 190 g/mol. The molecule has 0 fully saturated rings. The number of hydrogen-bond donors (Lipinski definition) is 1. The van der Waals surface area contributed by atoms with Crippen LogP contribution in [0.2, 0.25) is 0 Å². The topological polar surface area (TPSA) is 28.7 Å². The second kappa shape index (κ2) is 2.70. The average Bonchev–Trinajstić information content (AvgIpc) is 2.72. The summed E-state index contributed by atoms with van der Waals surface area (Å²) in [7, 11) is 0. The summed E-state index contributed by atoms with van der Waals surface area (Å²) in [4.78, 5) is 0. The molecule has 1 aliphatic rings. The van der Waals surface area contributed by atoms with Crippen LogP contribution in [-0.2, 0) is 19.3 Å². The van der Waals surface area contributed by atoms with Crippen LogP contribution in [0.25, 0.3) is 0 Å². The Bertz CT molecular complexity index is 387. The Morgan fingerprint density at radius 3 is 3.00 bits per heavy atom. The number of rotatable bonds is 0. The van der Waals surface area contributed by atoms with Crippen LogP contribution >= 0.6 is 11.3 Å². The van der Waals surface area contributed by atoms with E-state index < -0.39 is 0 Å². The SMILES string of the molecule is c1scc2c1CCc1cn[nH]c1C2. The summed E-state index contributed by atoms with van der Waals surface area (Å²) in [5, 5.41) is 11.7. The van der Waals surface area contributed by atoms with Crippen LogP contribution in [0.15, 0.2) is 17.0 Å². The van der Waals surface area contributed by atoms with E-state index in [0.29, 0.717) is 0 Å². The lowest BCUT2D eigenvalue weighted by Gasteiger charge is -1.95. The summed E-state index contributed by atoms with van der Waals surface area (Å²) >= 11 is 1.81. The highest BCUT2D eigenvalue weighted by molar-refractivity contribution is 7.08. The number of aryl methyl sites for hydroxylation is 2. The summed E-state index contributed by atoms with van der Waals surface area (Å²) in [6.45, 7) is 0. The van der Waals surface area contributed by atoms with Crippen molar-refractivity contribution >= 4 is 11.3 Å². The average molecular weight is 190 g/mol. The van der Waals surface area contributed by atoms with Crippen LogP contribution in [0.3, 0.4) is 0 Å². The van der Waals surface area contributed by atoms with E-state index in [-0.39, 0.29) is 0 Å². The minimum Gasteiger partial charge on any atom is -0.282 e. The zero-order chi connectivity index (χ0) is 8.67. The molecule has 0 bridgehead atoms. The third kappa shape index (κ3) is 1.11. The Balaban J connectivity index is 2.10. The zero-order valence-corrected chi connectivity index (χ0v) is 8.03. The van der Waals surface area contributed by atoms with Gasteiger partial charge in [0.2, 0.25) is 0 Å². The fourth-order valence-electron chi connectivity index (χ4n) is 1.89. The maximum Gasteiger partial charge on any atom is 0.0522 e. The van der Waals surface area contributed by atoms with Crippen molar-refractivity contribution in [2.45, 2.75) is 19.3 Å². The Hall–Kier alpha value is -1.09. The minimum atomic E-state index is 1.04. The fourth-order valence-corrected chi connectivity index (χ4v) is 2.79. The number of aromatic nitrogens is 2. The van der Waals surface area contributed by atoms with E-state index in [1.54, 1.807) is 0 Å². The number of hydrogen-bond acceptors (Lipinski definition) is 2. The summed E-state index contributed by atoms with van der Waals surface area (Å²) in [6.07, 6.45) is 5.31. The molecule has 2 aromatic heterocycles. The van der Waals surface area contributed by atoms with Crippen LogP contribution in [-0.4, -0.2) is 10.2 Å². The Kier molecular flexibility index (Phi) is 1.52. The molecule has 66 valence electrons. The third-order valence-corrected chi connectivity index (χ3v) is 3.51. The molecule has 0 amide bonds. The quantitative estimate of drug-likeness (QED) is 0.677. The van der Waals surface area contributed by atoms with Gasteiger partial charge in [-0.1, -0.05) is 0 Å². The summed E-state index contributed by atoms with van der Waals surface area (Å²) in [5.74, 6) is 0. The van der Waals surface area contributed by atoms with Crippen LogP contribution in [0.1, 0.15) is 22.4 Å². The predicted molar refractivity (Wildman–Crippen MR) is 53.1 cm³/mol. The van der Waals surface area contributed by atoms with Gasteiger partial charge in [-0.15, -0.1) is 0 Å². The molecule has 3 heteroatoms. The van der Waals surface area contributed by atoms with Crippen LogP contribution in [0, 0.1) is 0 Å². The van der Waals surface area contributed by atoms with Crippen molar-refractivity contribution in [3.8, 4) is 0 Å². The number of nitrogens with one attached hydrogen (secondary N) is 1. The number of nitrogens with zero attached hydrogens (tertiary/aromatic N) is 1. The van der Waals surface area contributed by atoms with Gasteiger partial charge in [-0.3, -0.25) is 5.10 Å². The fraction of sp³-hybridized carbons (Fsp3) is 0.300. The van der Waals surface area contributed by atoms with E-state index >= 15 is 0 Å². The maximum atomic E-state index is 4.08. The molecule has 0 saturated heterocycles. The second-order valence-electron chi connectivity index (χ2n) is 3.47. The Morgan fingerprint density at radius 1 is 1.15 bits per heavy atom. The van der Waals surface area contributed by atoms with E-state index in [9.17, 15) is 0 Å². The molecule has 0 atom stereocenters. The van der Waals surface area contributed by atoms with Crippen LogP contribution in [0.5, 0.6) is 0 Å². The molecule has 0 radical (unpaired) electrons. The number of aromatic amines is 1. The van der Waals surface area contributed by atoms with Gasteiger partial charge in [0, 0.05) is 12.1 Å². The maximum absolute atomic E-state index is 4.08. The Morgan fingerprint density at radius 2 is 2.00 bits per heavy atom. The highest BCUT2D eigenvalue weighted by atomic mass is 32.1. The van der Waals surface area contributed by atoms with Gasteiger partial charge in [0.25, 0.3) is 0 Å². The van der Waals surface area contributed by atoms with Gasteiger partial charge in [0.1, 0.15) is 0 Å². The largest absolute Gasteiger partial charge is 0.282 e. The first-order chi connectivity index (χ1) is 6.43. The standard InChI is InChI=1S/C10H10N2S/c1-2-8-5-13-6-9(8)3-10-7(1)4-11-12-10/h4-6H,1-3H2,(H,11,12). The molecule has 0 unspecified atom stereocenters. The lowest BCUT2D eigenvalue weighted by atomic mass is 10.1. The lowest BCUT2D eigenvalue weighted by Crippen LogP contribution is -1.88. The molecule has 13 heavy (non-hydrogen) atoms. The first kappa shape index (κ1) is 7.33. The smallest absolute Gasteiger partial charge is 0.0522 e. The molecule has 0 aromatic carbocycles. The van der Waals surface area contributed by atoms with Gasteiger partial charge in [0.15, 0.2) is 0 Å². The van der Waals surface area contributed by atoms with E-state index in [0.717, 1.165) is 12.8 Å². The van der Waals surface area contributed by atoms with Crippen LogP contribution in [0.4, 0.5) is 0 Å². The van der Waals surface area contributed by atoms with E-state index in [1.807, 2.05) is 17.5 Å². The molecular weight excluding hydrogens is 180 g/mol. The third-order valence-electron chi connectivity index (χ3n) is 2.67. The van der Waals surface area contributed by atoms with E-state index in [4.69, 9.17) is 0 Å². The van der Waals surface area contributed by atoms with Gasteiger partial charge < -0.3 is 0 Å². The number of fused-ring (bicyclic) bond motifs is 2. The highest BCUT2D eigenvalue weighted by Crippen LogP contribution is 2.25. The van der Waals surface area contributed by atoms with Gasteiger partial charge in [-0.05, 0) is 40.3 Å². The highest BCUT2D eigenvalue weighted by Gasteiger charge is 2.14. The first-order valence-corrected chi connectivity index (χ1v) is 5.43. The molecule has 3 rings (SSSR count).